The van der Waals surface area contributed by atoms with E-state index in [4.69, 9.17) is 23.2 Å². The van der Waals surface area contributed by atoms with Crippen molar-refractivity contribution in [1.29, 1.82) is 0 Å². The minimum absolute atomic E-state index is 0.141. The van der Waals surface area contributed by atoms with Gasteiger partial charge in [0.2, 0.25) is 5.91 Å². The van der Waals surface area contributed by atoms with Crippen LogP contribution in [0.2, 0.25) is 10.2 Å². The molecule has 19 heavy (non-hydrogen) atoms. The molecular weight excluding hydrogens is 289 g/mol. The summed E-state index contributed by atoms with van der Waals surface area (Å²) in [6.07, 6.45) is 2.47. The maximum Gasteiger partial charge on any atom is 0.268 e. The molecule has 1 aromatic heterocycles. The maximum absolute atomic E-state index is 12.1. The number of amides is 2. The summed E-state index contributed by atoms with van der Waals surface area (Å²) in [5.41, 5.74) is 0.340. The number of hydrogen-bond donors (Lipinski definition) is 2. The average Bonchev–Trinajstić information content (AvgIpc) is 2.56. The Morgan fingerprint density at radius 2 is 2.21 bits per heavy atom. The van der Waals surface area contributed by atoms with Gasteiger partial charge in [-0.05, 0) is 25.3 Å². The first-order valence-electron chi connectivity index (χ1n) is 6.10. The molecule has 1 fully saturated rings. The van der Waals surface area contributed by atoms with Crippen LogP contribution in [0.3, 0.4) is 0 Å². The third kappa shape index (κ3) is 3.04. The third-order valence-corrected chi connectivity index (χ3v) is 4.03. The summed E-state index contributed by atoms with van der Waals surface area (Å²) in [6.45, 7) is 0.660. The van der Waals surface area contributed by atoms with Crippen LogP contribution in [-0.2, 0) is 11.8 Å². The van der Waals surface area contributed by atoms with Crippen molar-refractivity contribution in [2.75, 3.05) is 6.54 Å². The molecule has 104 valence electrons. The highest BCUT2D eigenvalue weighted by molar-refractivity contribution is 6.41. The Morgan fingerprint density at radius 1 is 1.47 bits per heavy atom. The highest BCUT2D eigenvalue weighted by Gasteiger charge is 2.24. The summed E-state index contributed by atoms with van der Waals surface area (Å²) in [5.74, 6) is -0.490. The fourth-order valence-electron chi connectivity index (χ4n) is 2.07. The third-order valence-electron chi connectivity index (χ3n) is 3.19. The van der Waals surface area contributed by atoms with Crippen molar-refractivity contribution in [2.24, 2.45) is 7.05 Å². The van der Waals surface area contributed by atoms with Crippen LogP contribution in [0.15, 0.2) is 6.07 Å². The number of carbonyl (C=O) groups excluding carboxylic acids is 2. The maximum atomic E-state index is 12.1. The molecule has 0 bridgehead atoms. The van der Waals surface area contributed by atoms with Gasteiger partial charge in [0.05, 0.1) is 5.02 Å². The van der Waals surface area contributed by atoms with Crippen molar-refractivity contribution in [3.63, 3.8) is 0 Å². The fourth-order valence-corrected chi connectivity index (χ4v) is 2.45. The lowest BCUT2D eigenvalue weighted by atomic mass is 10.1. The highest BCUT2D eigenvalue weighted by atomic mass is 35.5. The van der Waals surface area contributed by atoms with Gasteiger partial charge in [-0.2, -0.15) is 0 Å². The lowest BCUT2D eigenvalue weighted by Crippen LogP contribution is -2.45. The molecule has 2 amide bonds. The molecule has 0 unspecified atom stereocenters. The monoisotopic (exact) mass is 303 g/mol. The summed E-state index contributed by atoms with van der Waals surface area (Å²) >= 11 is 11.8. The molecule has 1 aliphatic rings. The standard InChI is InChI=1S/C12H15Cl2N3O2/c1-17-9(6-7(13)10(17)14)12(19)16-8-4-2-3-5-15-11(8)18/h6,8H,2-5H2,1H3,(H,15,18)(H,16,19)/t8-/m1/s1. The zero-order valence-electron chi connectivity index (χ0n) is 10.5. The summed E-state index contributed by atoms with van der Waals surface area (Å²) in [7, 11) is 1.65. The quantitative estimate of drug-likeness (QED) is 0.874. The number of carbonyl (C=O) groups is 2. The van der Waals surface area contributed by atoms with Gasteiger partial charge in [-0.1, -0.05) is 23.2 Å². The van der Waals surface area contributed by atoms with E-state index in [1.165, 1.54) is 10.6 Å². The smallest absolute Gasteiger partial charge is 0.268 e. The van der Waals surface area contributed by atoms with E-state index in [9.17, 15) is 9.59 Å². The lowest BCUT2D eigenvalue weighted by molar-refractivity contribution is -0.122. The predicted octanol–water partition coefficient (Wildman–Crippen LogP) is 1.73. The van der Waals surface area contributed by atoms with Gasteiger partial charge < -0.3 is 15.2 Å². The molecule has 2 heterocycles. The van der Waals surface area contributed by atoms with Crippen molar-refractivity contribution in [2.45, 2.75) is 25.3 Å². The topological polar surface area (TPSA) is 63.1 Å². The minimum atomic E-state index is -0.498. The highest BCUT2D eigenvalue weighted by Crippen LogP contribution is 2.25. The van der Waals surface area contributed by atoms with E-state index in [1.807, 2.05) is 0 Å². The van der Waals surface area contributed by atoms with Crippen LogP contribution in [0.5, 0.6) is 0 Å². The Bertz CT molecular complexity index is 513. The summed E-state index contributed by atoms with van der Waals surface area (Å²) in [4.78, 5) is 23.9. The number of nitrogens with one attached hydrogen (secondary N) is 2. The molecule has 1 atom stereocenters. The molecule has 7 heteroatoms. The first-order chi connectivity index (χ1) is 9.00. The van der Waals surface area contributed by atoms with E-state index in [0.29, 0.717) is 28.8 Å². The molecule has 5 nitrogen and oxygen atoms in total. The van der Waals surface area contributed by atoms with Gasteiger partial charge in [0.15, 0.2) is 0 Å². The first-order valence-corrected chi connectivity index (χ1v) is 6.85. The van der Waals surface area contributed by atoms with E-state index in [-0.39, 0.29) is 11.8 Å². The SMILES string of the molecule is Cn1c(C(=O)N[C@@H]2CCCCNC2=O)cc(Cl)c1Cl. The second kappa shape index (κ2) is 5.84. The van der Waals surface area contributed by atoms with Crippen LogP contribution in [0.4, 0.5) is 0 Å². The van der Waals surface area contributed by atoms with Crippen LogP contribution >= 0.6 is 23.2 Å². The predicted molar refractivity (Wildman–Crippen MR) is 73.5 cm³/mol. The van der Waals surface area contributed by atoms with E-state index >= 15 is 0 Å². The van der Waals surface area contributed by atoms with Gasteiger partial charge in [0.25, 0.3) is 5.91 Å². The van der Waals surface area contributed by atoms with Crippen LogP contribution in [-0.4, -0.2) is 29.0 Å². The Kier molecular flexibility index (Phi) is 4.37. The largest absolute Gasteiger partial charge is 0.354 e. The summed E-state index contributed by atoms with van der Waals surface area (Å²) in [5, 5.41) is 6.11. The van der Waals surface area contributed by atoms with Gasteiger partial charge in [0, 0.05) is 13.6 Å². The number of aromatic nitrogens is 1. The number of hydrogen-bond acceptors (Lipinski definition) is 2. The zero-order chi connectivity index (χ0) is 14.0. The molecule has 0 aromatic carbocycles. The van der Waals surface area contributed by atoms with Crippen LogP contribution < -0.4 is 10.6 Å². The molecule has 1 aromatic rings. The second-order valence-corrected chi connectivity index (χ2v) is 5.31. The van der Waals surface area contributed by atoms with Gasteiger partial charge in [-0.3, -0.25) is 9.59 Å². The van der Waals surface area contributed by atoms with Crippen molar-refractivity contribution in [3.05, 3.63) is 21.9 Å². The van der Waals surface area contributed by atoms with E-state index in [1.54, 1.807) is 7.05 Å². The molecule has 1 saturated heterocycles. The van der Waals surface area contributed by atoms with Crippen molar-refractivity contribution < 1.29 is 9.59 Å². The number of halogens is 2. The number of nitrogens with zero attached hydrogens (tertiary/aromatic N) is 1. The number of rotatable bonds is 2. The fraction of sp³-hybridized carbons (Fsp3) is 0.500. The van der Waals surface area contributed by atoms with E-state index in [2.05, 4.69) is 10.6 Å². The summed E-state index contributed by atoms with van der Waals surface area (Å²) in [6, 6.07) is 0.996. The molecule has 0 radical (unpaired) electrons. The van der Waals surface area contributed by atoms with E-state index < -0.39 is 6.04 Å². The van der Waals surface area contributed by atoms with Crippen LogP contribution in [0.1, 0.15) is 29.8 Å². The normalized spacial score (nSPS) is 19.7. The average molecular weight is 304 g/mol. The first kappa shape index (κ1) is 14.2. The molecule has 2 N–H and O–H groups in total. The van der Waals surface area contributed by atoms with Gasteiger partial charge in [-0.25, -0.2) is 0 Å². The zero-order valence-corrected chi connectivity index (χ0v) is 12.0. The molecule has 0 aliphatic carbocycles. The van der Waals surface area contributed by atoms with Crippen molar-refractivity contribution in [1.82, 2.24) is 15.2 Å². The van der Waals surface area contributed by atoms with Crippen LogP contribution in [0, 0.1) is 0 Å². The lowest BCUT2D eigenvalue weighted by Gasteiger charge is -2.15. The minimum Gasteiger partial charge on any atom is -0.354 e. The Morgan fingerprint density at radius 3 is 2.84 bits per heavy atom. The van der Waals surface area contributed by atoms with E-state index in [0.717, 1.165) is 12.8 Å². The Balaban J connectivity index is 2.11. The van der Waals surface area contributed by atoms with Gasteiger partial charge >= 0.3 is 0 Å². The molecular formula is C12H15Cl2N3O2. The summed E-state index contributed by atoms with van der Waals surface area (Å²) < 4.78 is 1.49. The second-order valence-electron chi connectivity index (χ2n) is 4.54. The molecule has 2 rings (SSSR count). The molecule has 1 aliphatic heterocycles. The van der Waals surface area contributed by atoms with Gasteiger partial charge in [0.1, 0.15) is 16.9 Å². The van der Waals surface area contributed by atoms with Crippen molar-refractivity contribution in [3.8, 4) is 0 Å². The van der Waals surface area contributed by atoms with Gasteiger partial charge in [-0.15, -0.1) is 0 Å². The molecule has 0 saturated carbocycles. The Labute approximate surface area is 121 Å². The Hall–Kier alpha value is -1.20. The van der Waals surface area contributed by atoms with Crippen LogP contribution in [0.25, 0.3) is 0 Å². The van der Waals surface area contributed by atoms with Crippen molar-refractivity contribution >= 4 is 35.0 Å². The molecule has 0 spiro atoms.